The molecular weight excluding hydrogens is 310 g/mol. The number of nitrogens with zero attached hydrogens (tertiary/aromatic N) is 3. The van der Waals surface area contributed by atoms with Crippen LogP contribution >= 0.6 is 11.3 Å². The lowest BCUT2D eigenvalue weighted by Gasteiger charge is -2.09. The van der Waals surface area contributed by atoms with Gasteiger partial charge < -0.3 is 15.2 Å². The first-order valence-corrected chi connectivity index (χ1v) is 8.71. The predicted octanol–water partition coefficient (Wildman–Crippen LogP) is 3.24. The van der Waals surface area contributed by atoms with Gasteiger partial charge in [-0.1, -0.05) is 32.9 Å². The summed E-state index contributed by atoms with van der Waals surface area (Å²) in [5.41, 5.74) is 2.10. The van der Waals surface area contributed by atoms with E-state index in [9.17, 15) is 0 Å². The highest BCUT2D eigenvalue weighted by molar-refractivity contribution is 7.09. The molecule has 0 spiro atoms. The van der Waals surface area contributed by atoms with Gasteiger partial charge in [-0.05, 0) is 11.8 Å². The zero-order valence-corrected chi connectivity index (χ0v) is 15.2. The van der Waals surface area contributed by atoms with E-state index in [1.54, 1.807) is 18.4 Å². The van der Waals surface area contributed by atoms with E-state index in [1.807, 2.05) is 6.07 Å². The lowest BCUT2D eigenvalue weighted by atomic mass is 10.1. The van der Waals surface area contributed by atoms with Gasteiger partial charge in [0.2, 0.25) is 0 Å². The van der Waals surface area contributed by atoms with Crippen LogP contribution in [0.15, 0.2) is 21.0 Å². The number of aliphatic imine (C=N–C) groups is 1. The molecule has 0 saturated heterocycles. The van der Waals surface area contributed by atoms with E-state index in [0.717, 1.165) is 22.2 Å². The van der Waals surface area contributed by atoms with Crippen molar-refractivity contribution < 1.29 is 4.52 Å². The van der Waals surface area contributed by atoms with Gasteiger partial charge in [-0.2, -0.15) is 0 Å². The quantitative estimate of drug-likeness (QED) is 0.626. The average molecular weight is 335 g/mol. The Balaban J connectivity index is 1.82. The van der Waals surface area contributed by atoms with Gasteiger partial charge in [0.1, 0.15) is 5.01 Å². The molecule has 2 aromatic rings. The summed E-state index contributed by atoms with van der Waals surface area (Å²) < 4.78 is 5.31. The molecule has 0 atom stereocenters. The van der Waals surface area contributed by atoms with Crippen molar-refractivity contribution >= 4 is 17.3 Å². The first-order valence-electron chi connectivity index (χ1n) is 7.84. The maximum Gasteiger partial charge on any atom is 0.191 e. The molecule has 0 aromatic carbocycles. The summed E-state index contributed by atoms with van der Waals surface area (Å²) in [6.07, 6.45) is 0. The van der Waals surface area contributed by atoms with Gasteiger partial charge in [-0.3, -0.25) is 4.99 Å². The second kappa shape index (κ2) is 8.10. The molecule has 0 radical (unpaired) electrons. The molecule has 0 fully saturated rings. The lowest BCUT2D eigenvalue weighted by molar-refractivity contribution is 0.372. The molecule has 23 heavy (non-hydrogen) atoms. The minimum absolute atomic E-state index is 0.366. The number of thiazole rings is 1. The van der Waals surface area contributed by atoms with E-state index in [-0.39, 0.29) is 0 Å². The Morgan fingerprint density at radius 3 is 2.43 bits per heavy atom. The van der Waals surface area contributed by atoms with Crippen LogP contribution in [-0.4, -0.2) is 23.1 Å². The molecule has 126 valence electrons. The van der Waals surface area contributed by atoms with Gasteiger partial charge in [-0.25, -0.2) is 4.98 Å². The van der Waals surface area contributed by atoms with E-state index < -0.39 is 0 Å². The minimum atomic E-state index is 0.366. The zero-order chi connectivity index (χ0) is 16.8. The maximum atomic E-state index is 5.31. The van der Waals surface area contributed by atoms with Gasteiger partial charge in [0.25, 0.3) is 0 Å². The van der Waals surface area contributed by atoms with E-state index in [2.05, 4.69) is 58.8 Å². The molecule has 2 aromatic heterocycles. The molecule has 0 bridgehead atoms. The van der Waals surface area contributed by atoms with Crippen LogP contribution in [0, 0.1) is 0 Å². The van der Waals surface area contributed by atoms with Gasteiger partial charge in [0.05, 0.1) is 24.5 Å². The molecule has 0 saturated carbocycles. The van der Waals surface area contributed by atoms with E-state index in [4.69, 9.17) is 4.52 Å². The third kappa shape index (κ3) is 5.06. The third-order valence-electron chi connectivity index (χ3n) is 3.39. The van der Waals surface area contributed by atoms with Crippen molar-refractivity contribution in [1.82, 2.24) is 20.8 Å². The van der Waals surface area contributed by atoms with Crippen molar-refractivity contribution in [1.29, 1.82) is 0 Å². The number of hydrogen-bond acceptors (Lipinski definition) is 5. The molecule has 6 nitrogen and oxygen atoms in total. The number of nitrogens with one attached hydrogen (secondary N) is 2. The second-order valence-corrected chi connectivity index (χ2v) is 6.92. The highest BCUT2D eigenvalue weighted by Crippen LogP contribution is 2.17. The van der Waals surface area contributed by atoms with Crippen molar-refractivity contribution in [2.75, 3.05) is 7.05 Å². The summed E-state index contributed by atoms with van der Waals surface area (Å²) in [6.45, 7) is 9.69. The van der Waals surface area contributed by atoms with Crippen LogP contribution in [0.3, 0.4) is 0 Å². The Kier molecular flexibility index (Phi) is 6.15. The summed E-state index contributed by atoms with van der Waals surface area (Å²) in [5, 5.41) is 13.7. The fourth-order valence-electron chi connectivity index (χ4n) is 1.91. The zero-order valence-electron chi connectivity index (χ0n) is 14.4. The molecule has 0 aliphatic carbocycles. The van der Waals surface area contributed by atoms with Crippen LogP contribution in [0.2, 0.25) is 0 Å². The lowest BCUT2D eigenvalue weighted by Crippen LogP contribution is -2.36. The van der Waals surface area contributed by atoms with Crippen LogP contribution in [0.1, 0.15) is 61.7 Å². The molecule has 0 unspecified atom stereocenters. The largest absolute Gasteiger partial charge is 0.359 e. The molecule has 0 aliphatic heterocycles. The first kappa shape index (κ1) is 17.5. The van der Waals surface area contributed by atoms with Crippen LogP contribution in [0.25, 0.3) is 0 Å². The Hall–Kier alpha value is -1.89. The van der Waals surface area contributed by atoms with Gasteiger partial charge in [0.15, 0.2) is 11.7 Å². The van der Waals surface area contributed by atoms with E-state index in [1.165, 1.54) is 0 Å². The predicted molar refractivity (Wildman–Crippen MR) is 93.8 cm³/mol. The van der Waals surface area contributed by atoms with Crippen molar-refractivity contribution in [3.05, 3.63) is 33.6 Å². The van der Waals surface area contributed by atoms with Crippen molar-refractivity contribution in [3.8, 4) is 0 Å². The smallest absolute Gasteiger partial charge is 0.191 e. The number of rotatable bonds is 6. The first-order chi connectivity index (χ1) is 11.0. The van der Waals surface area contributed by atoms with Crippen LogP contribution < -0.4 is 10.6 Å². The summed E-state index contributed by atoms with van der Waals surface area (Å²) in [6, 6.07) is 1.97. The van der Waals surface area contributed by atoms with Crippen molar-refractivity contribution in [2.24, 2.45) is 4.99 Å². The monoisotopic (exact) mass is 335 g/mol. The van der Waals surface area contributed by atoms with Crippen LogP contribution in [-0.2, 0) is 13.1 Å². The van der Waals surface area contributed by atoms with Crippen molar-refractivity contribution in [2.45, 2.75) is 52.6 Å². The van der Waals surface area contributed by atoms with Gasteiger partial charge >= 0.3 is 0 Å². The highest BCUT2D eigenvalue weighted by Gasteiger charge is 2.09. The maximum absolute atomic E-state index is 5.31. The second-order valence-electron chi connectivity index (χ2n) is 5.97. The molecule has 2 N–H and O–H groups in total. The molecule has 0 amide bonds. The summed E-state index contributed by atoms with van der Waals surface area (Å²) in [7, 11) is 1.75. The van der Waals surface area contributed by atoms with E-state index >= 15 is 0 Å². The molecule has 2 rings (SSSR count). The fourth-order valence-corrected chi connectivity index (χ4v) is 2.80. The summed E-state index contributed by atoms with van der Waals surface area (Å²) >= 11 is 1.67. The highest BCUT2D eigenvalue weighted by atomic mass is 32.1. The average Bonchev–Trinajstić information content (AvgIpc) is 3.16. The van der Waals surface area contributed by atoms with Gasteiger partial charge in [-0.15, -0.1) is 11.3 Å². The summed E-state index contributed by atoms with van der Waals surface area (Å²) in [5.74, 6) is 2.34. The number of hydrogen-bond donors (Lipinski definition) is 2. The molecule has 7 heteroatoms. The van der Waals surface area contributed by atoms with Crippen LogP contribution in [0.4, 0.5) is 0 Å². The van der Waals surface area contributed by atoms with Gasteiger partial charge in [0, 0.05) is 18.5 Å². The SMILES string of the molecule is CN=C(NCc1cc(C(C)C)no1)NCc1nc(C(C)C)cs1. The Morgan fingerprint density at radius 2 is 1.87 bits per heavy atom. The van der Waals surface area contributed by atoms with Crippen molar-refractivity contribution in [3.63, 3.8) is 0 Å². The summed E-state index contributed by atoms with van der Waals surface area (Å²) in [4.78, 5) is 8.81. The topological polar surface area (TPSA) is 75.3 Å². The standard InChI is InChI=1S/C16H25N5OS/c1-10(2)13-6-12(22-21-13)7-18-16(17-5)19-8-15-20-14(9-23-15)11(3)4/h6,9-11H,7-8H2,1-5H3,(H2,17,18,19). The van der Waals surface area contributed by atoms with Crippen LogP contribution in [0.5, 0.6) is 0 Å². The fraction of sp³-hybridized carbons (Fsp3) is 0.562. The number of guanidine groups is 1. The third-order valence-corrected chi connectivity index (χ3v) is 4.26. The molecule has 2 heterocycles. The normalized spacial score (nSPS) is 12.2. The Labute approximate surface area is 141 Å². The Morgan fingerprint density at radius 1 is 1.17 bits per heavy atom. The van der Waals surface area contributed by atoms with E-state index in [0.29, 0.717) is 30.9 Å². The number of aromatic nitrogens is 2. The molecule has 0 aliphatic rings. The Bertz CT molecular complexity index is 592. The minimum Gasteiger partial charge on any atom is -0.359 e. The molecular formula is C16H25N5OS.